The Kier molecular flexibility index (Phi) is 14.5. The molecule has 1 aliphatic carbocycles. The smallest absolute Gasteiger partial charge is 0.255 e. The van der Waals surface area contributed by atoms with Crippen molar-refractivity contribution in [3.05, 3.63) is 95.4 Å². The van der Waals surface area contributed by atoms with Gasteiger partial charge in [0.1, 0.15) is 23.7 Å². The van der Waals surface area contributed by atoms with Crippen molar-refractivity contribution < 1.29 is 42.6 Å². The largest absolute Gasteiger partial charge is 0.490 e. The number of benzene rings is 3. The number of hydrogen-bond acceptors (Lipinski definition) is 10. The number of imide groups is 1. The summed E-state index contributed by atoms with van der Waals surface area (Å²) < 4.78 is 31.7. The van der Waals surface area contributed by atoms with Crippen LogP contribution in [0.1, 0.15) is 92.1 Å². The van der Waals surface area contributed by atoms with Gasteiger partial charge in [0.15, 0.2) is 0 Å². The van der Waals surface area contributed by atoms with Crippen LogP contribution in [0.3, 0.4) is 0 Å². The van der Waals surface area contributed by atoms with Crippen LogP contribution in [0.15, 0.2) is 72.9 Å². The van der Waals surface area contributed by atoms with Gasteiger partial charge in [-0.05, 0) is 110 Å². The van der Waals surface area contributed by atoms with Crippen LogP contribution in [0.5, 0.6) is 5.75 Å². The molecular formula is C49H57FN6O8. The number of pyridine rings is 1. The van der Waals surface area contributed by atoms with Crippen LogP contribution in [-0.2, 0) is 35.2 Å². The van der Waals surface area contributed by atoms with Gasteiger partial charge in [0, 0.05) is 85.4 Å². The molecule has 64 heavy (non-hydrogen) atoms. The predicted molar refractivity (Wildman–Crippen MR) is 238 cm³/mol. The van der Waals surface area contributed by atoms with Gasteiger partial charge in [0.05, 0.1) is 38.4 Å². The molecule has 3 aromatic carbocycles. The number of halogens is 1. The predicted octanol–water partition coefficient (Wildman–Crippen LogP) is 6.59. The van der Waals surface area contributed by atoms with E-state index in [1.807, 2.05) is 48.2 Å². The van der Waals surface area contributed by atoms with Crippen LogP contribution < -0.4 is 20.7 Å². The maximum Gasteiger partial charge on any atom is 0.255 e. The summed E-state index contributed by atoms with van der Waals surface area (Å²) in [7, 11) is 0. The van der Waals surface area contributed by atoms with Crippen molar-refractivity contribution in [2.24, 2.45) is 11.8 Å². The summed E-state index contributed by atoms with van der Waals surface area (Å²) in [6.07, 6.45) is 7.83. The second-order valence-electron chi connectivity index (χ2n) is 17.3. The van der Waals surface area contributed by atoms with Gasteiger partial charge < -0.3 is 34.6 Å². The average molecular weight is 877 g/mol. The number of amides is 5. The monoisotopic (exact) mass is 876 g/mol. The van der Waals surface area contributed by atoms with Gasteiger partial charge in [0.25, 0.3) is 5.91 Å². The molecule has 3 N–H and O–H groups in total. The highest BCUT2D eigenvalue weighted by atomic mass is 19.1. The minimum atomic E-state index is -0.660. The summed E-state index contributed by atoms with van der Waals surface area (Å²) in [5.74, 6) is 0.0273. The highest BCUT2D eigenvalue weighted by Crippen LogP contribution is 2.41. The van der Waals surface area contributed by atoms with Crippen LogP contribution >= 0.6 is 0 Å². The molecule has 0 radical (unpaired) electrons. The van der Waals surface area contributed by atoms with Crippen LogP contribution in [0.2, 0.25) is 0 Å². The van der Waals surface area contributed by atoms with Gasteiger partial charge in [0.2, 0.25) is 23.6 Å². The van der Waals surface area contributed by atoms with E-state index in [2.05, 4.69) is 20.9 Å². The van der Waals surface area contributed by atoms with E-state index in [4.69, 9.17) is 14.2 Å². The summed E-state index contributed by atoms with van der Waals surface area (Å²) in [6, 6.07) is 19.0. The quantitative estimate of drug-likeness (QED) is 0.0778. The number of fused-ring (bicyclic) bond motifs is 2. The van der Waals surface area contributed by atoms with E-state index in [-0.39, 0.29) is 53.8 Å². The lowest BCUT2D eigenvalue weighted by molar-refractivity contribution is -0.137. The molecular weight excluding hydrogens is 820 g/mol. The Hall–Kier alpha value is -5.93. The maximum atomic E-state index is 14.0. The zero-order valence-electron chi connectivity index (χ0n) is 36.3. The lowest BCUT2D eigenvalue weighted by atomic mass is 9.73. The molecule has 4 aliphatic rings. The third-order valence-corrected chi connectivity index (χ3v) is 13.3. The summed E-state index contributed by atoms with van der Waals surface area (Å²) in [6.45, 7) is 5.48. The molecule has 5 amide bonds. The number of piperidine rings is 2. The van der Waals surface area contributed by atoms with Gasteiger partial charge in [-0.3, -0.25) is 34.3 Å². The fourth-order valence-corrected chi connectivity index (χ4v) is 9.58. The number of likely N-dealkylation sites (tertiary alicyclic amines) is 1. The third kappa shape index (κ3) is 10.7. The fourth-order valence-electron chi connectivity index (χ4n) is 9.58. The van der Waals surface area contributed by atoms with E-state index in [0.29, 0.717) is 76.9 Å². The first-order valence-corrected chi connectivity index (χ1v) is 22.7. The van der Waals surface area contributed by atoms with E-state index in [0.717, 1.165) is 77.7 Å². The van der Waals surface area contributed by atoms with Crippen molar-refractivity contribution in [3.63, 3.8) is 0 Å². The first-order valence-electron chi connectivity index (χ1n) is 22.7. The topological polar surface area (TPSA) is 168 Å². The van der Waals surface area contributed by atoms with Crippen molar-refractivity contribution in [2.75, 3.05) is 56.7 Å². The molecule has 14 nitrogen and oxygen atoms in total. The molecule has 0 bridgehead atoms. The average Bonchev–Trinajstić information content (AvgIpc) is 3.64. The molecule has 2 saturated heterocycles. The fraction of sp³-hybridized carbons (Fsp3) is 0.469. The maximum absolute atomic E-state index is 14.0. The van der Waals surface area contributed by atoms with E-state index in [1.54, 1.807) is 30.5 Å². The standard InChI is InChI=1S/C49H57FN6O8/c1-31(32-5-7-33(8-6-32)38-17-21-51-43-14-9-34(50)29-40(38)43)47(59)53-35-10-12-36(13-11-35)64-37-18-23-55(24-19-37)46(58)20-25-62-27-28-63-26-22-52-42-4-2-3-39-41(42)30-56(49(39)61)44-15-16-45(57)54-48(44)60/h2-4,9-14,17,21,29,31-33,37,44,52H,5-8,15-16,18-20,22-28,30H2,1H3,(H,53,59)(H,54,57,60)/t31-,32-,33+,44?/m1/s1. The molecule has 338 valence electrons. The highest BCUT2D eigenvalue weighted by Gasteiger charge is 2.40. The summed E-state index contributed by atoms with van der Waals surface area (Å²) in [5.41, 5.74) is 4.86. The van der Waals surface area contributed by atoms with Crippen molar-refractivity contribution >= 4 is 51.8 Å². The Morgan fingerprint density at radius 2 is 1.66 bits per heavy atom. The van der Waals surface area contributed by atoms with Gasteiger partial charge in [-0.1, -0.05) is 13.0 Å². The second-order valence-corrected chi connectivity index (χ2v) is 17.3. The van der Waals surface area contributed by atoms with Gasteiger partial charge in [-0.2, -0.15) is 0 Å². The zero-order chi connectivity index (χ0) is 44.6. The van der Waals surface area contributed by atoms with Gasteiger partial charge in [-0.15, -0.1) is 0 Å². The molecule has 2 atom stereocenters. The summed E-state index contributed by atoms with van der Waals surface area (Å²) in [4.78, 5) is 71.0. The molecule has 1 saturated carbocycles. The normalized spacial score (nSPS) is 20.8. The number of anilines is 2. The summed E-state index contributed by atoms with van der Waals surface area (Å²) >= 11 is 0. The van der Waals surface area contributed by atoms with Crippen LogP contribution in [-0.4, -0.2) is 103 Å². The molecule has 15 heteroatoms. The summed E-state index contributed by atoms with van der Waals surface area (Å²) in [5, 5.41) is 9.63. The zero-order valence-corrected chi connectivity index (χ0v) is 36.3. The number of rotatable bonds is 17. The molecule has 0 spiro atoms. The second kappa shape index (κ2) is 20.7. The lowest BCUT2D eigenvalue weighted by Crippen LogP contribution is -2.52. The Balaban J connectivity index is 0.667. The number of carbonyl (C=O) groups is 5. The van der Waals surface area contributed by atoms with Crippen LogP contribution in [0.25, 0.3) is 10.9 Å². The number of aromatic nitrogens is 1. The highest BCUT2D eigenvalue weighted by molar-refractivity contribution is 6.06. The first-order chi connectivity index (χ1) is 31.1. The molecule has 4 aromatic rings. The molecule has 3 aliphatic heterocycles. The Morgan fingerprint density at radius 1 is 0.891 bits per heavy atom. The van der Waals surface area contributed by atoms with Crippen LogP contribution in [0.4, 0.5) is 15.8 Å². The minimum absolute atomic E-state index is 0.00467. The third-order valence-electron chi connectivity index (χ3n) is 13.3. The van der Waals surface area contributed by atoms with Crippen molar-refractivity contribution in [3.8, 4) is 5.75 Å². The molecule has 1 unspecified atom stereocenters. The van der Waals surface area contributed by atoms with Gasteiger partial charge >= 0.3 is 0 Å². The Morgan fingerprint density at radius 3 is 2.42 bits per heavy atom. The minimum Gasteiger partial charge on any atom is -0.490 e. The van der Waals surface area contributed by atoms with Gasteiger partial charge in [-0.25, -0.2) is 4.39 Å². The Bertz CT molecular complexity index is 2330. The van der Waals surface area contributed by atoms with Crippen molar-refractivity contribution in [2.45, 2.75) is 89.3 Å². The number of nitrogens with zero attached hydrogens (tertiary/aromatic N) is 3. The molecule has 1 aromatic heterocycles. The van der Waals surface area contributed by atoms with E-state index >= 15 is 0 Å². The van der Waals surface area contributed by atoms with E-state index in [1.165, 1.54) is 11.0 Å². The first kappa shape index (κ1) is 44.7. The number of hydrogen-bond donors (Lipinski definition) is 3. The van der Waals surface area contributed by atoms with E-state index in [9.17, 15) is 28.4 Å². The van der Waals surface area contributed by atoms with E-state index < -0.39 is 11.9 Å². The van der Waals surface area contributed by atoms with Crippen molar-refractivity contribution in [1.82, 2.24) is 20.1 Å². The SMILES string of the molecule is C[C@@H](C(=O)Nc1ccc(OC2CCN(C(=O)CCOCCOCCNc3cccc4c3CN(C3CCC(=O)NC3=O)C4=O)CC2)cc1)[C@H]1CC[C@@H](c2ccnc3ccc(F)cc32)CC1. The number of ether oxygens (including phenoxy) is 3. The molecule has 8 rings (SSSR count). The Labute approximate surface area is 372 Å². The molecule has 4 heterocycles. The number of carbonyl (C=O) groups excluding carboxylic acids is 5. The lowest BCUT2D eigenvalue weighted by Gasteiger charge is -2.32. The van der Waals surface area contributed by atoms with Crippen LogP contribution in [0, 0.1) is 17.7 Å². The molecule has 3 fully saturated rings. The van der Waals surface area contributed by atoms with Crippen molar-refractivity contribution in [1.29, 1.82) is 0 Å². The number of nitrogens with one attached hydrogen (secondary N) is 3.